The zero-order chi connectivity index (χ0) is 12.4. The molecule has 0 saturated heterocycles. The second-order valence-electron chi connectivity index (χ2n) is 4.51. The Morgan fingerprint density at radius 2 is 1.82 bits per heavy atom. The van der Waals surface area contributed by atoms with Gasteiger partial charge in [0.2, 0.25) is 0 Å². The molecule has 0 aliphatic heterocycles. The predicted octanol–water partition coefficient (Wildman–Crippen LogP) is 3.37. The summed E-state index contributed by atoms with van der Waals surface area (Å²) in [7, 11) is 0. The van der Waals surface area contributed by atoms with E-state index in [2.05, 4.69) is 37.2 Å². The van der Waals surface area contributed by atoms with Gasteiger partial charge in [-0.1, -0.05) is 29.3 Å². The lowest BCUT2D eigenvalue weighted by atomic mass is 10.0. The smallest absolute Gasteiger partial charge is 0.154 e. The minimum absolute atomic E-state index is 0.0674. The number of rotatable bonds is 3. The molecule has 2 rings (SSSR count). The molecular formula is C14H18N2O. The van der Waals surface area contributed by atoms with E-state index in [1.807, 2.05) is 13.0 Å². The van der Waals surface area contributed by atoms with E-state index in [-0.39, 0.29) is 6.04 Å². The Balaban J connectivity index is 2.36. The standard InChI is InChI=1S/C14H18N2O/c1-4-12(15)14-8-13(16-17-14)11-6-9(2)5-10(3)7-11/h5-8,12H,4,15H2,1-3H3. The molecule has 0 radical (unpaired) electrons. The number of aryl methyl sites for hydroxylation is 2. The Labute approximate surface area is 102 Å². The van der Waals surface area contributed by atoms with Crippen LogP contribution in [-0.2, 0) is 0 Å². The quantitative estimate of drug-likeness (QED) is 0.879. The van der Waals surface area contributed by atoms with Crippen LogP contribution in [-0.4, -0.2) is 5.16 Å². The van der Waals surface area contributed by atoms with Crippen LogP contribution in [0.25, 0.3) is 11.3 Å². The van der Waals surface area contributed by atoms with Crippen LogP contribution >= 0.6 is 0 Å². The average Bonchev–Trinajstić information content (AvgIpc) is 2.76. The van der Waals surface area contributed by atoms with E-state index in [0.29, 0.717) is 0 Å². The van der Waals surface area contributed by atoms with Crippen molar-refractivity contribution >= 4 is 0 Å². The van der Waals surface area contributed by atoms with Gasteiger partial charge >= 0.3 is 0 Å². The molecule has 0 spiro atoms. The summed E-state index contributed by atoms with van der Waals surface area (Å²) in [6.45, 7) is 6.19. The first-order valence-electron chi connectivity index (χ1n) is 5.91. The fraction of sp³-hybridized carbons (Fsp3) is 0.357. The van der Waals surface area contributed by atoms with Crippen LogP contribution in [0.2, 0.25) is 0 Å². The highest BCUT2D eigenvalue weighted by molar-refractivity contribution is 5.61. The van der Waals surface area contributed by atoms with Crippen molar-refractivity contribution in [2.24, 2.45) is 5.73 Å². The fourth-order valence-corrected chi connectivity index (χ4v) is 1.92. The number of nitrogens with zero attached hydrogens (tertiary/aromatic N) is 1. The van der Waals surface area contributed by atoms with E-state index in [4.69, 9.17) is 10.3 Å². The summed E-state index contributed by atoms with van der Waals surface area (Å²) in [6.07, 6.45) is 0.849. The molecule has 1 aromatic carbocycles. The van der Waals surface area contributed by atoms with Crippen LogP contribution in [0.3, 0.4) is 0 Å². The molecule has 0 aliphatic rings. The first kappa shape index (κ1) is 11.9. The van der Waals surface area contributed by atoms with E-state index in [9.17, 15) is 0 Å². The van der Waals surface area contributed by atoms with Crippen LogP contribution < -0.4 is 5.73 Å². The third-order valence-electron chi connectivity index (χ3n) is 2.85. The van der Waals surface area contributed by atoms with Gasteiger partial charge in [0, 0.05) is 11.6 Å². The largest absolute Gasteiger partial charge is 0.359 e. The number of nitrogens with two attached hydrogens (primary N) is 1. The second kappa shape index (κ2) is 4.72. The maximum absolute atomic E-state index is 5.91. The minimum Gasteiger partial charge on any atom is -0.359 e. The molecule has 0 saturated carbocycles. The molecule has 2 aromatic rings. The molecule has 0 bridgehead atoms. The number of aromatic nitrogens is 1. The van der Waals surface area contributed by atoms with Crippen molar-refractivity contribution in [1.29, 1.82) is 0 Å². The van der Waals surface area contributed by atoms with Gasteiger partial charge in [-0.2, -0.15) is 0 Å². The van der Waals surface area contributed by atoms with Crippen molar-refractivity contribution in [3.05, 3.63) is 41.2 Å². The Morgan fingerprint density at radius 1 is 1.18 bits per heavy atom. The van der Waals surface area contributed by atoms with Gasteiger partial charge in [0.25, 0.3) is 0 Å². The van der Waals surface area contributed by atoms with Crippen molar-refractivity contribution in [2.75, 3.05) is 0 Å². The SMILES string of the molecule is CCC(N)c1cc(-c2cc(C)cc(C)c2)no1. The summed E-state index contributed by atoms with van der Waals surface area (Å²) in [6, 6.07) is 8.21. The van der Waals surface area contributed by atoms with E-state index in [0.717, 1.165) is 23.4 Å². The molecule has 1 heterocycles. The monoisotopic (exact) mass is 230 g/mol. The van der Waals surface area contributed by atoms with Crippen molar-refractivity contribution in [2.45, 2.75) is 33.2 Å². The van der Waals surface area contributed by atoms with Gasteiger partial charge in [-0.05, 0) is 32.4 Å². The van der Waals surface area contributed by atoms with Crippen molar-refractivity contribution in [3.63, 3.8) is 0 Å². The number of hydrogen-bond acceptors (Lipinski definition) is 3. The van der Waals surface area contributed by atoms with Crippen molar-refractivity contribution < 1.29 is 4.52 Å². The molecule has 1 unspecified atom stereocenters. The third-order valence-corrected chi connectivity index (χ3v) is 2.85. The van der Waals surface area contributed by atoms with Gasteiger partial charge in [0.1, 0.15) is 5.69 Å². The number of benzene rings is 1. The van der Waals surface area contributed by atoms with Crippen LogP contribution in [0.1, 0.15) is 36.3 Å². The summed E-state index contributed by atoms with van der Waals surface area (Å²) < 4.78 is 5.28. The lowest BCUT2D eigenvalue weighted by molar-refractivity contribution is 0.360. The average molecular weight is 230 g/mol. The van der Waals surface area contributed by atoms with Gasteiger partial charge in [0.15, 0.2) is 5.76 Å². The molecule has 17 heavy (non-hydrogen) atoms. The molecule has 0 aliphatic carbocycles. The molecule has 2 N–H and O–H groups in total. The molecule has 1 atom stereocenters. The van der Waals surface area contributed by atoms with Gasteiger partial charge < -0.3 is 10.3 Å². The maximum Gasteiger partial charge on any atom is 0.154 e. The van der Waals surface area contributed by atoms with E-state index in [1.54, 1.807) is 0 Å². The van der Waals surface area contributed by atoms with Crippen molar-refractivity contribution in [3.8, 4) is 11.3 Å². The summed E-state index contributed by atoms with van der Waals surface area (Å²) in [4.78, 5) is 0. The topological polar surface area (TPSA) is 52.0 Å². The van der Waals surface area contributed by atoms with E-state index in [1.165, 1.54) is 11.1 Å². The van der Waals surface area contributed by atoms with E-state index >= 15 is 0 Å². The molecule has 0 fully saturated rings. The fourth-order valence-electron chi connectivity index (χ4n) is 1.92. The van der Waals surface area contributed by atoms with Gasteiger partial charge in [-0.3, -0.25) is 0 Å². The van der Waals surface area contributed by atoms with Gasteiger partial charge in [-0.15, -0.1) is 0 Å². The third kappa shape index (κ3) is 2.56. The Bertz CT molecular complexity index is 496. The van der Waals surface area contributed by atoms with Crippen LogP contribution in [0.5, 0.6) is 0 Å². The lowest BCUT2D eigenvalue weighted by Gasteiger charge is -2.01. The van der Waals surface area contributed by atoms with Crippen molar-refractivity contribution in [1.82, 2.24) is 5.16 Å². The summed E-state index contributed by atoms with van der Waals surface area (Å²) in [5.74, 6) is 0.752. The second-order valence-corrected chi connectivity index (χ2v) is 4.51. The lowest BCUT2D eigenvalue weighted by Crippen LogP contribution is -2.06. The van der Waals surface area contributed by atoms with Crippen LogP contribution in [0, 0.1) is 13.8 Å². The first-order chi connectivity index (χ1) is 8.10. The number of hydrogen-bond donors (Lipinski definition) is 1. The highest BCUT2D eigenvalue weighted by Gasteiger charge is 2.12. The van der Waals surface area contributed by atoms with Crippen LogP contribution in [0.15, 0.2) is 28.8 Å². The molecule has 3 nitrogen and oxygen atoms in total. The highest BCUT2D eigenvalue weighted by Crippen LogP contribution is 2.24. The molecule has 1 aromatic heterocycles. The first-order valence-corrected chi connectivity index (χ1v) is 5.91. The Morgan fingerprint density at radius 3 is 2.41 bits per heavy atom. The summed E-state index contributed by atoms with van der Waals surface area (Å²) >= 11 is 0. The molecule has 90 valence electrons. The maximum atomic E-state index is 5.91. The Hall–Kier alpha value is -1.61. The molecular weight excluding hydrogens is 212 g/mol. The molecule has 0 amide bonds. The van der Waals surface area contributed by atoms with E-state index < -0.39 is 0 Å². The van der Waals surface area contributed by atoms with Gasteiger partial charge in [-0.25, -0.2) is 0 Å². The molecule has 3 heteroatoms. The Kier molecular flexibility index (Phi) is 3.29. The van der Waals surface area contributed by atoms with Crippen LogP contribution in [0.4, 0.5) is 0 Å². The minimum atomic E-state index is -0.0674. The normalized spacial score (nSPS) is 12.7. The summed E-state index contributed by atoms with van der Waals surface area (Å²) in [5.41, 5.74) is 10.3. The zero-order valence-corrected chi connectivity index (χ0v) is 10.5. The predicted molar refractivity (Wildman–Crippen MR) is 68.6 cm³/mol. The highest BCUT2D eigenvalue weighted by atomic mass is 16.5. The zero-order valence-electron chi connectivity index (χ0n) is 10.5. The summed E-state index contributed by atoms with van der Waals surface area (Å²) in [5, 5.41) is 4.08. The van der Waals surface area contributed by atoms with Gasteiger partial charge in [0.05, 0.1) is 6.04 Å².